The fourth-order valence-electron chi connectivity index (χ4n) is 1.81. The zero-order valence-electron chi connectivity index (χ0n) is 11.0. The third-order valence-corrected chi connectivity index (χ3v) is 3.14. The molecule has 1 amide bonds. The zero-order chi connectivity index (χ0) is 14.5. The molecule has 6 heteroatoms. The molecule has 1 aromatic rings. The Morgan fingerprint density at radius 3 is 2.75 bits per heavy atom. The van der Waals surface area contributed by atoms with E-state index in [1.54, 1.807) is 0 Å². The summed E-state index contributed by atoms with van der Waals surface area (Å²) >= 11 is 0. The van der Waals surface area contributed by atoms with Crippen LogP contribution in [0.15, 0.2) is 18.2 Å². The molecule has 3 N–H and O–H groups in total. The number of rotatable bonds is 7. The maximum Gasteiger partial charge on any atom is 0.221 e. The van der Waals surface area contributed by atoms with Crippen molar-refractivity contribution < 1.29 is 18.7 Å². The van der Waals surface area contributed by atoms with Crippen molar-refractivity contribution in [2.24, 2.45) is 0 Å². The van der Waals surface area contributed by atoms with E-state index < -0.39 is 17.7 Å². The van der Waals surface area contributed by atoms with Crippen LogP contribution in [-0.4, -0.2) is 30.1 Å². The molecule has 0 aromatic heterocycles. The molecule has 0 spiro atoms. The number of carbonyl (C=O) groups excluding carboxylic acids is 1. The molecule has 0 aliphatic heterocycles. The topological polar surface area (TPSA) is 61.4 Å². The van der Waals surface area contributed by atoms with Gasteiger partial charge < -0.3 is 15.7 Å². The van der Waals surface area contributed by atoms with Gasteiger partial charge in [-0.2, -0.15) is 0 Å². The van der Waals surface area contributed by atoms with Gasteiger partial charge in [0.15, 0.2) is 11.6 Å². The molecule has 20 heavy (non-hydrogen) atoms. The molecule has 1 fully saturated rings. The first-order chi connectivity index (χ1) is 9.56. The Morgan fingerprint density at radius 1 is 1.35 bits per heavy atom. The molecule has 4 nitrogen and oxygen atoms in total. The Balaban J connectivity index is 1.67. The Bertz CT molecular complexity index is 478. The number of aliphatic hydroxyl groups is 1. The molecule has 1 aliphatic rings. The Kier molecular flexibility index (Phi) is 5.03. The van der Waals surface area contributed by atoms with E-state index >= 15 is 0 Å². The average molecular weight is 284 g/mol. The van der Waals surface area contributed by atoms with Crippen LogP contribution in [0.3, 0.4) is 0 Å². The first-order valence-corrected chi connectivity index (χ1v) is 6.69. The lowest BCUT2D eigenvalue weighted by atomic mass is 10.1. The van der Waals surface area contributed by atoms with E-state index in [0.29, 0.717) is 24.6 Å². The summed E-state index contributed by atoms with van der Waals surface area (Å²) in [7, 11) is 0. The molecule has 0 heterocycles. The third-order valence-electron chi connectivity index (χ3n) is 3.14. The zero-order valence-corrected chi connectivity index (χ0v) is 11.0. The van der Waals surface area contributed by atoms with Gasteiger partial charge in [-0.3, -0.25) is 4.79 Å². The van der Waals surface area contributed by atoms with Gasteiger partial charge in [-0.25, -0.2) is 8.78 Å². The molecular formula is C14H18F2N2O2. The molecule has 1 aromatic carbocycles. The summed E-state index contributed by atoms with van der Waals surface area (Å²) < 4.78 is 25.8. The lowest BCUT2D eigenvalue weighted by Gasteiger charge is -2.12. The van der Waals surface area contributed by atoms with Gasteiger partial charge in [-0.05, 0) is 30.5 Å². The minimum absolute atomic E-state index is 0.0117. The molecule has 0 saturated heterocycles. The van der Waals surface area contributed by atoms with Crippen LogP contribution in [-0.2, 0) is 4.79 Å². The van der Waals surface area contributed by atoms with E-state index in [-0.39, 0.29) is 12.5 Å². The summed E-state index contributed by atoms with van der Waals surface area (Å²) in [5.41, 5.74) is 0.304. The van der Waals surface area contributed by atoms with Crippen molar-refractivity contribution in [3.8, 4) is 0 Å². The van der Waals surface area contributed by atoms with Crippen molar-refractivity contribution in [1.29, 1.82) is 0 Å². The maximum atomic E-state index is 13.0. The van der Waals surface area contributed by atoms with Gasteiger partial charge in [-0.15, -0.1) is 0 Å². The predicted molar refractivity (Wildman–Crippen MR) is 70.0 cm³/mol. The van der Waals surface area contributed by atoms with Crippen molar-refractivity contribution in [3.63, 3.8) is 0 Å². The van der Waals surface area contributed by atoms with Gasteiger partial charge in [0.25, 0.3) is 0 Å². The largest absolute Gasteiger partial charge is 0.387 e. The van der Waals surface area contributed by atoms with Crippen molar-refractivity contribution in [2.75, 3.05) is 13.1 Å². The highest BCUT2D eigenvalue weighted by Gasteiger charge is 2.22. The maximum absolute atomic E-state index is 13.0. The van der Waals surface area contributed by atoms with Gasteiger partial charge in [0.1, 0.15) is 0 Å². The van der Waals surface area contributed by atoms with E-state index in [1.807, 2.05) is 0 Å². The van der Waals surface area contributed by atoms with Crippen LogP contribution in [0.4, 0.5) is 8.78 Å². The lowest BCUT2D eigenvalue weighted by molar-refractivity contribution is -0.121. The van der Waals surface area contributed by atoms with Crippen LogP contribution in [0.5, 0.6) is 0 Å². The first-order valence-electron chi connectivity index (χ1n) is 6.69. The van der Waals surface area contributed by atoms with Crippen LogP contribution in [0.1, 0.15) is 30.9 Å². The molecule has 1 aliphatic carbocycles. The number of carbonyl (C=O) groups is 1. The molecule has 110 valence electrons. The molecular weight excluding hydrogens is 266 g/mol. The smallest absolute Gasteiger partial charge is 0.221 e. The number of hydrogen-bond acceptors (Lipinski definition) is 3. The summed E-state index contributed by atoms with van der Waals surface area (Å²) in [5.74, 6) is -1.93. The van der Waals surface area contributed by atoms with Crippen molar-refractivity contribution >= 4 is 5.91 Å². The van der Waals surface area contributed by atoms with Crippen LogP contribution in [0, 0.1) is 11.6 Å². The summed E-state index contributed by atoms with van der Waals surface area (Å²) in [5, 5.41) is 15.6. The van der Waals surface area contributed by atoms with Gasteiger partial charge in [0, 0.05) is 25.6 Å². The summed E-state index contributed by atoms with van der Waals surface area (Å²) in [6.45, 7) is 0.612. The minimum Gasteiger partial charge on any atom is -0.387 e. The normalized spacial score (nSPS) is 15.9. The highest BCUT2D eigenvalue weighted by Crippen LogP contribution is 2.18. The Hall–Kier alpha value is -1.53. The molecule has 1 atom stereocenters. The number of halogens is 2. The minimum atomic E-state index is -0.981. The predicted octanol–water partition coefficient (Wildman–Crippen LogP) is 1.26. The van der Waals surface area contributed by atoms with E-state index in [2.05, 4.69) is 10.6 Å². The second-order valence-electron chi connectivity index (χ2n) is 4.99. The molecule has 0 bridgehead atoms. The highest BCUT2D eigenvalue weighted by atomic mass is 19.2. The third kappa shape index (κ3) is 4.54. The SMILES string of the molecule is O=C(CCNCC(O)c1ccc(F)c(F)c1)NC1CC1. The number of aliphatic hydroxyl groups excluding tert-OH is 1. The van der Waals surface area contributed by atoms with E-state index in [0.717, 1.165) is 25.0 Å². The Labute approximate surface area is 116 Å². The highest BCUT2D eigenvalue weighted by molar-refractivity contribution is 5.76. The summed E-state index contributed by atoms with van der Waals surface area (Å²) in [6, 6.07) is 3.64. The second-order valence-corrected chi connectivity index (χ2v) is 4.99. The van der Waals surface area contributed by atoms with Gasteiger partial charge in [0.2, 0.25) is 5.91 Å². The van der Waals surface area contributed by atoms with E-state index in [4.69, 9.17) is 0 Å². The van der Waals surface area contributed by atoms with Crippen molar-refractivity contribution in [2.45, 2.75) is 31.4 Å². The van der Waals surface area contributed by atoms with Crippen LogP contribution in [0.25, 0.3) is 0 Å². The molecule has 1 unspecified atom stereocenters. The molecule has 1 saturated carbocycles. The van der Waals surface area contributed by atoms with Crippen LogP contribution >= 0.6 is 0 Å². The van der Waals surface area contributed by atoms with Crippen molar-refractivity contribution in [1.82, 2.24) is 10.6 Å². The lowest BCUT2D eigenvalue weighted by Crippen LogP contribution is -2.30. The molecule has 2 rings (SSSR count). The summed E-state index contributed by atoms with van der Waals surface area (Å²) in [6.07, 6.45) is 1.50. The second kappa shape index (κ2) is 6.76. The van der Waals surface area contributed by atoms with E-state index in [1.165, 1.54) is 6.07 Å². The fourth-order valence-corrected chi connectivity index (χ4v) is 1.81. The molecule has 0 radical (unpaired) electrons. The van der Waals surface area contributed by atoms with Crippen molar-refractivity contribution in [3.05, 3.63) is 35.4 Å². The Morgan fingerprint density at radius 2 is 2.10 bits per heavy atom. The number of benzene rings is 1. The standard InChI is InChI=1S/C14H18F2N2O2/c15-11-4-1-9(7-12(11)16)13(19)8-17-6-5-14(20)18-10-2-3-10/h1,4,7,10,13,17,19H,2-3,5-6,8H2,(H,18,20). The van der Waals surface area contributed by atoms with Gasteiger partial charge in [0.05, 0.1) is 6.10 Å². The average Bonchev–Trinajstić information content (AvgIpc) is 3.21. The monoisotopic (exact) mass is 284 g/mol. The van der Waals surface area contributed by atoms with Gasteiger partial charge >= 0.3 is 0 Å². The summed E-state index contributed by atoms with van der Waals surface area (Å²) in [4.78, 5) is 11.4. The van der Waals surface area contributed by atoms with Crippen LogP contribution < -0.4 is 10.6 Å². The quantitative estimate of drug-likeness (QED) is 0.661. The number of hydrogen-bond donors (Lipinski definition) is 3. The first kappa shape index (κ1) is 14.9. The van der Waals surface area contributed by atoms with E-state index in [9.17, 15) is 18.7 Å². The van der Waals surface area contributed by atoms with Crippen LogP contribution in [0.2, 0.25) is 0 Å². The number of nitrogens with one attached hydrogen (secondary N) is 2. The van der Waals surface area contributed by atoms with Gasteiger partial charge in [-0.1, -0.05) is 6.07 Å². The fraction of sp³-hybridized carbons (Fsp3) is 0.500. The number of amides is 1.